The van der Waals surface area contributed by atoms with Gasteiger partial charge in [0.05, 0.1) is 10.5 Å². The van der Waals surface area contributed by atoms with Gasteiger partial charge in [0.25, 0.3) is 0 Å². The van der Waals surface area contributed by atoms with Crippen molar-refractivity contribution in [1.29, 1.82) is 0 Å². The van der Waals surface area contributed by atoms with Gasteiger partial charge in [-0.05, 0) is 40.8 Å². The van der Waals surface area contributed by atoms with E-state index in [2.05, 4.69) is 41.4 Å². The molecule has 3 aromatic carbocycles. The van der Waals surface area contributed by atoms with E-state index in [1.54, 1.807) is 6.08 Å². The van der Waals surface area contributed by atoms with Gasteiger partial charge in [0, 0.05) is 36.3 Å². The van der Waals surface area contributed by atoms with Crippen molar-refractivity contribution in [3.05, 3.63) is 107 Å². The smallest absolute Gasteiger partial charge is 0.246 e. The van der Waals surface area contributed by atoms with E-state index in [9.17, 15) is 4.79 Å². The first-order valence-electron chi connectivity index (χ1n) is 10.8. The summed E-state index contributed by atoms with van der Waals surface area (Å²) in [5.41, 5.74) is 6.76. The maximum absolute atomic E-state index is 12.7. The average molecular weight is 439 g/mol. The highest BCUT2D eigenvalue weighted by Gasteiger charge is 2.18. The van der Waals surface area contributed by atoms with Gasteiger partial charge in [0.15, 0.2) is 0 Å². The van der Waals surface area contributed by atoms with E-state index in [1.165, 1.54) is 22.3 Å². The number of carbonyl (C=O) groups excluding carboxylic acids is 1. The molecule has 0 aliphatic carbocycles. The van der Waals surface area contributed by atoms with Crippen LogP contribution in [0, 0.1) is 0 Å². The Labute approximate surface area is 192 Å². The minimum absolute atomic E-state index is 0.0365. The number of aromatic nitrogens is 1. The van der Waals surface area contributed by atoms with Crippen LogP contribution < -0.4 is 0 Å². The lowest BCUT2D eigenvalue weighted by molar-refractivity contribution is -0.125. The molecule has 1 amide bonds. The van der Waals surface area contributed by atoms with E-state index in [4.69, 9.17) is 11.6 Å². The summed E-state index contributed by atoms with van der Waals surface area (Å²) in [4.78, 5) is 17.8. The first-order valence-corrected chi connectivity index (χ1v) is 11.1. The number of aromatic amines is 1. The van der Waals surface area contributed by atoms with Gasteiger partial charge in [-0.1, -0.05) is 84.4 Å². The van der Waals surface area contributed by atoms with Gasteiger partial charge in [0.2, 0.25) is 5.91 Å². The van der Waals surface area contributed by atoms with Crippen LogP contribution in [0.2, 0.25) is 5.02 Å². The number of nitrogens with one attached hydrogen (secondary N) is 1. The molecular formula is C28H23ClN2O. The monoisotopic (exact) mass is 438 g/mol. The molecule has 0 saturated heterocycles. The summed E-state index contributed by atoms with van der Waals surface area (Å²) in [5, 5.41) is 1.85. The zero-order chi connectivity index (χ0) is 21.9. The number of rotatable bonds is 4. The fourth-order valence-electron chi connectivity index (χ4n) is 4.19. The maximum atomic E-state index is 12.7. The highest BCUT2D eigenvalue weighted by Crippen LogP contribution is 2.32. The molecule has 4 heteroatoms. The van der Waals surface area contributed by atoms with E-state index in [0.717, 1.165) is 27.9 Å². The molecule has 32 heavy (non-hydrogen) atoms. The van der Waals surface area contributed by atoms with Crippen LogP contribution >= 0.6 is 11.6 Å². The second-order valence-electron chi connectivity index (χ2n) is 7.95. The third-order valence-electron chi connectivity index (χ3n) is 5.97. The number of carbonyl (C=O) groups is 1. The van der Waals surface area contributed by atoms with Crippen LogP contribution in [0.3, 0.4) is 0 Å². The Morgan fingerprint density at radius 2 is 1.72 bits per heavy atom. The van der Waals surface area contributed by atoms with E-state index in [0.29, 0.717) is 13.1 Å². The standard InChI is InChI=1S/C28H23ClN2O/c29-26-8-4-7-24-25(19-30-28(24)26)23-15-17-31(18-16-23)27(32)14-11-20-9-12-22(13-10-20)21-5-2-1-3-6-21/h1-15,19,30H,16-18H2/b14-11+. The Morgan fingerprint density at radius 3 is 2.47 bits per heavy atom. The first kappa shape index (κ1) is 20.3. The third-order valence-corrected chi connectivity index (χ3v) is 6.28. The molecule has 0 saturated carbocycles. The van der Waals surface area contributed by atoms with Gasteiger partial charge in [0.1, 0.15) is 0 Å². The summed E-state index contributed by atoms with van der Waals surface area (Å²) in [6, 6.07) is 24.5. The van der Waals surface area contributed by atoms with Crippen LogP contribution in [-0.2, 0) is 4.79 Å². The number of para-hydroxylation sites is 1. The molecule has 1 aromatic heterocycles. The SMILES string of the molecule is O=C(/C=C/c1ccc(-c2ccccc2)cc1)N1CC=C(c2c[nH]c3c(Cl)cccc23)CC1. The van der Waals surface area contributed by atoms with E-state index < -0.39 is 0 Å². The Balaban J connectivity index is 1.25. The van der Waals surface area contributed by atoms with Crippen molar-refractivity contribution in [2.75, 3.05) is 13.1 Å². The van der Waals surface area contributed by atoms with Gasteiger partial charge in [-0.25, -0.2) is 0 Å². The Hall–Kier alpha value is -3.56. The zero-order valence-electron chi connectivity index (χ0n) is 17.6. The second-order valence-corrected chi connectivity index (χ2v) is 8.36. The van der Waals surface area contributed by atoms with Crippen molar-refractivity contribution >= 4 is 40.1 Å². The molecule has 158 valence electrons. The van der Waals surface area contributed by atoms with Gasteiger partial charge >= 0.3 is 0 Å². The first-order chi connectivity index (χ1) is 15.7. The van der Waals surface area contributed by atoms with Crippen molar-refractivity contribution in [2.45, 2.75) is 6.42 Å². The van der Waals surface area contributed by atoms with Crippen LogP contribution in [0.5, 0.6) is 0 Å². The number of hydrogen-bond acceptors (Lipinski definition) is 1. The lowest BCUT2D eigenvalue weighted by Gasteiger charge is -2.25. The average Bonchev–Trinajstić information content (AvgIpc) is 3.29. The fourth-order valence-corrected chi connectivity index (χ4v) is 4.42. The molecule has 0 radical (unpaired) electrons. The summed E-state index contributed by atoms with van der Waals surface area (Å²) in [6.45, 7) is 1.31. The molecule has 5 rings (SSSR count). The molecular weight excluding hydrogens is 416 g/mol. The van der Waals surface area contributed by atoms with Crippen molar-refractivity contribution < 1.29 is 4.79 Å². The number of amides is 1. The fraction of sp³-hybridized carbons (Fsp3) is 0.107. The molecule has 1 aliphatic heterocycles. The van der Waals surface area contributed by atoms with E-state index in [-0.39, 0.29) is 5.91 Å². The maximum Gasteiger partial charge on any atom is 0.246 e. The molecule has 2 heterocycles. The second kappa shape index (κ2) is 8.89. The number of halogens is 1. The van der Waals surface area contributed by atoms with Crippen molar-refractivity contribution in [3.8, 4) is 11.1 Å². The van der Waals surface area contributed by atoms with Crippen molar-refractivity contribution in [1.82, 2.24) is 9.88 Å². The highest BCUT2D eigenvalue weighted by molar-refractivity contribution is 6.35. The molecule has 1 aliphatic rings. The lowest BCUT2D eigenvalue weighted by atomic mass is 9.99. The predicted octanol–water partition coefficient (Wildman–Crippen LogP) is 6.82. The molecule has 0 bridgehead atoms. The van der Waals surface area contributed by atoms with Crippen LogP contribution in [0.15, 0.2) is 91.1 Å². The quantitative estimate of drug-likeness (QED) is 0.349. The van der Waals surface area contributed by atoms with Gasteiger partial charge < -0.3 is 9.88 Å². The largest absolute Gasteiger partial charge is 0.359 e. The zero-order valence-corrected chi connectivity index (χ0v) is 18.3. The van der Waals surface area contributed by atoms with Gasteiger partial charge in [-0.15, -0.1) is 0 Å². The molecule has 0 unspecified atom stereocenters. The number of nitrogens with zero attached hydrogens (tertiary/aromatic N) is 1. The van der Waals surface area contributed by atoms with Crippen LogP contribution in [-0.4, -0.2) is 28.9 Å². The summed E-state index contributed by atoms with van der Waals surface area (Å²) < 4.78 is 0. The Morgan fingerprint density at radius 1 is 0.938 bits per heavy atom. The van der Waals surface area contributed by atoms with Crippen LogP contribution in [0.4, 0.5) is 0 Å². The molecule has 4 aromatic rings. The normalized spacial score (nSPS) is 14.2. The number of fused-ring (bicyclic) bond motifs is 1. The number of hydrogen-bond donors (Lipinski definition) is 1. The van der Waals surface area contributed by atoms with Crippen LogP contribution in [0.1, 0.15) is 17.5 Å². The molecule has 0 fully saturated rings. The molecule has 3 nitrogen and oxygen atoms in total. The number of H-pyrrole nitrogens is 1. The molecule has 1 N–H and O–H groups in total. The van der Waals surface area contributed by atoms with Gasteiger partial charge in [-0.3, -0.25) is 4.79 Å². The Bertz CT molecular complexity index is 1320. The van der Waals surface area contributed by atoms with Crippen molar-refractivity contribution in [3.63, 3.8) is 0 Å². The van der Waals surface area contributed by atoms with E-state index in [1.807, 2.05) is 59.6 Å². The summed E-state index contributed by atoms with van der Waals surface area (Å²) >= 11 is 6.29. The molecule has 0 spiro atoms. The summed E-state index contributed by atoms with van der Waals surface area (Å²) in [6.07, 6.45) is 8.54. The minimum Gasteiger partial charge on any atom is -0.359 e. The topological polar surface area (TPSA) is 36.1 Å². The van der Waals surface area contributed by atoms with E-state index >= 15 is 0 Å². The summed E-state index contributed by atoms with van der Waals surface area (Å²) in [7, 11) is 0. The van der Waals surface area contributed by atoms with Crippen LogP contribution in [0.25, 0.3) is 33.7 Å². The summed E-state index contributed by atoms with van der Waals surface area (Å²) in [5.74, 6) is 0.0365. The minimum atomic E-state index is 0.0365. The highest BCUT2D eigenvalue weighted by atomic mass is 35.5. The third kappa shape index (κ3) is 4.12. The lowest BCUT2D eigenvalue weighted by Crippen LogP contribution is -2.33. The predicted molar refractivity (Wildman–Crippen MR) is 133 cm³/mol. The van der Waals surface area contributed by atoms with Gasteiger partial charge in [-0.2, -0.15) is 0 Å². The molecule has 0 atom stereocenters. The Kier molecular flexibility index (Phi) is 5.66. The number of benzene rings is 3. The van der Waals surface area contributed by atoms with Crippen molar-refractivity contribution in [2.24, 2.45) is 0 Å².